The fourth-order valence-corrected chi connectivity index (χ4v) is 5.33. The Balaban J connectivity index is 1.66. The second-order valence-electron chi connectivity index (χ2n) is 8.80. The molecule has 2 heterocycles. The number of anilines is 1. The van der Waals surface area contributed by atoms with Gasteiger partial charge in [-0.1, -0.05) is 92.2 Å². The average molecular weight is 429 g/mol. The smallest absolute Gasteiger partial charge is 0.244 e. The summed E-state index contributed by atoms with van der Waals surface area (Å²) in [4.78, 5) is 17.7. The zero-order chi connectivity index (χ0) is 21.6. The molecule has 0 saturated carbocycles. The van der Waals surface area contributed by atoms with Crippen LogP contribution in [0.4, 0.5) is 5.69 Å². The van der Waals surface area contributed by atoms with E-state index in [0.717, 1.165) is 16.8 Å². The van der Waals surface area contributed by atoms with E-state index in [-0.39, 0.29) is 11.3 Å². The van der Waals surface area contributed by atoms with Gasteiger partial charge in [0.25, 0.3) is 0 Å². The molecule has 31 heavy (non-hydrogen) atoms. The summed E-state index contributed by atoms with van der Waals surface area (Å²) in [6.07, 6.45) is 4.33. The molecule has 5 rings (SSSR count). The van der Waals surface area contributed by atoms with Crippen LogP contribution in [-0.4, -0.2) is 23.0 Å². The molecular formula is C27H25ClN2O. The lowest BCUT2D eigenvalue weighted by Crippen LogP contribution is -2.60. The molecule has 3 aromatic carbocycles. The van der Waals surface area contributed by atoms with Gasteiger partial charge >= 0.3 is 0 Å². The van der Waals surface area contributed by atoms with Crippen molar-refractivity contribution in [1.82, 2.24) is 4.90 Å². The maximum Gasteiger partial charge on any atom is 0.244 e. The molecule has 3 nitrogen and oxygen atoms in total. The van der Waals surface area contributed by atoms with Gasteiger partial charge in [-0.05, 0) is 41.0 Å². The Labute approximate surface area is 188 Å². The summed E-state index contributed by atoms with van der Waals surface area (Å²) in [7, 11) is 0. The van der Waals surface area contributed by atoms with E-state index in [4.69, 9.17) is 11.6 Å². The highest BCUT2D eigenvalue weighted by atomic mass is 35.5. The number of amides is 1. The zero-order valence-corrected chi connectivity index (χ0v) is 18.5. The first-order valence-corrected chi connectivity index (χ1v) is 11.0. The second-order valence-corrected chi connectivity index (χ2v) is 9.24. The third-order valence-corrected chi connectivity index (χ3v) is 7.02. The molecule has 1 fully saturated rings. The molecule has 4 heteroatoms. The summed E-state index contributed by atoms with van der Waals surface area (Å²) in [5.74, 6) is 0.146. The number of rotatable bonds is 4. The quantitative estimate of drug-likeness (QED) is 0.517. The molecule has 2 aliphatic heterocycles. The van der Waals surface area contributed by atoms with Crippen LogP contribution in [0.1, 0.15) is 30.5 Å². The van der Waals surface area contributed by atoms with Crippen LogP contribution >= 0.6 is 11.6 Å². The van der Waals surface area contributed by atoms with Crippen molar-refractivity contribution in [3.05, 3.63) is 107 Å². The van der Waals surface area contributed by atoms with Crippen LogP contribution < -0.4 is 4.90 Å². The Kier molecular flexibility index (Phi) is 4.67. The number of hydrogen-bond donors (Lipinski definition) is 0. The summed E-state index contributed by atoms with van der Waals surface area (Å²) in [5.41, 5.74) is 3.70. The first-order valence-electron chi connectivity index (χ1n) is 10.6. The van der Waals surface area contributed by atoms with Gasteiger partial charge < -0.3 is 9.80 Å². The average Bonchev–Trinajstić information content (AvgIpc) is 3.16. The van der Waals surface area contributed by atoms with Crippen molar-refractivity contribution in [2.24, 2.45) is 0 Å². The number of carbonyl (C=O) groups excluding carboxylic acids is 1. The van der Waals surface area contributed by atoms with E-state index < -0.39 is 5.66 Å². The van der Waals surface area contributed by atoms with E-state index in [1.165, 1.54) is 5.56 Å². The fraction of sp³-hybridized carbons (Fsp3) is 0.222. The van der Waals surface area contributed by atoms with Crippen molar-refractivity contribution >= 4 is 29.3 Å². The molecule has 1 amide bonds. The Bertz CT molecular complexity index is 1150. The van der Waals surface area contributed by atoms with Crippen molar-refractivity contribution in [1.29, 1.82) is 0 Å². The van der Waals surface area contributed by atoms with Crippen LogP contribution in [0.2, 0.25) is 5.02 Å². The highest BCUT2D eigenvalue weighted by Gasteiger charge is 2.63. The van der Waals surface area contributed by atoms with E-state index in [0.29, 0.717) is 18.1 Å². The third kappa shape index (κ3) is 2.99. The van der Waals surface area contributed by atoms with Crippen molar-refractivity contribution in [3.8, 4) is 0 Å². The lowest BCUT2D eigenvalue weighted by Gasteiger charge is -2.46. The number of carbonyl (C=O) groups is 1. The van der Waals surface area contributed by atoms with Gasteiger partial charge in [0.1, 0.15) is 5.66 Å². The van der Waals surface area contributed by atoms with E-state index in [1.807, 2.05) is 42.5 Å². The van der Waals surface area contributed by atoms with Crippen molar-refractivity contribution in [2.45, 2.75) is 31.5 Å². The molecule has 0 aromatic heterocycles. The maximum atomic E-state index is 13.4. The minimum Gasteiger partial charge on any atom is -0.335 e. The Morgan fingerprint density at radius 2 is 1.61 bits per heavy atom. The molecule has 0 N–H and O–H groups in total. The van der Waals surface area contributed by atoms with Gasteiger partial charge in [0, 0.05) is 22.7 Å². The molecule has 0 radical (unpaired) electrons. The normalized spacial score (nSPS) is 21.6. The molecule has 1 saturated heterocycles. The van der Waals surface area contributed by atoms with Gasteiger partial charge in [-0.3, -0.25) is 4.79 Å². The van der Waals surface area contributed by atoms with Gasteiger partial charge in [-0.25, -0.2) is 0 Å². The van der Waals surface area contributed by atoms with Crippen LogP contribution in [0.25, 0.3) is 6.08 Å². The molecule has 0 bridgehead atoms. The van der Waals surface area contributed by atoms with Gasteiger partial charge in [-0.15, -0.1) is 0 Å². The first kappa shape index (κ1) is 19.9. The molecular weight excluding hydrogens is 404 g/mol. The minimum atomic E-state index is -0.594. The summed E-state index contributed by atoms with van der Waals surface area (Å²) < 4.78 is 0. The third-order valence-electron chi connectivity index (χ3n) is 6.77. The summed E-state index contributed by atoms with van der Waals surface area (Å²) in [5, 5.41) is 0.715. The Morgan fingerprint density at radius 1 is 0.935 bits per heavy atom. The first-order chi connectivity index (χ1) is 14.9. The molecule has 1 atom stereocenters. The predicted octanol–water partition coefficient (Wildman–Crippen LogP) is 5.89. The van der Waals surface area contributed by atoms with Gasteiger partial charge in [-0.2, -0.15) is 0 Å². The number of hydrogen-bond acceptors (Lipinski definition) is 2. The Morgan fingerprint density at radius 3 is 2.35 bits per heavy atom. The van der Waals surface area contributed by atoms with E-state index in [2.05, 4.69) is 72.2 Å². The lowest BCUT2D eigenvalue weighted by molar-refractivity contribution is -0.131. The topological polar surface area (TPSA) is 23.6 Å². The molecule has 0 aliphatic carbocycles. The lowest BCUT2D eigenvalue weighted by atomic mass is 9.74. The minimum absolute atomic E-state index is 0.146. The van der Waals surface area contributed by atoms with Crippen LogP contribution in [0.15, 0.2) is 84.9 Å². The zero-order valence-electron chi connectivity index (χ0n) is 17.8. The van der Waals surface area contributed by atoms with Crippen LogP contribution in [0, 0.1) is 0 Å². The van der Waals surface area contributed by atoms with Gasteiger partial charge in [0.15, 0.2) is 0 Å². The second kappa shape index (κ2) is 7.28. The Hall–Kier alpha value is -3.04. The number of halogens is 1. The number of benzene rings is 3. The fourth-order valence-electron chi connectivity index (χ4n) is 5.21. The van der Waals surface area contributed by atoms with E-state index in [1.54, 1.807) is 0 Å². The summed E-state index contributed by atoms with van der Waals surface area (Å²) in [6.45, 7) is 5.43. The maximum absolute atomic E-state index is 13.4. The predicted molar refractivity (Wildman–Crippen MR) is 127 cm³/mol. The molecule has 156 valence electrons. The van der Waals surface area contributed by atoms with Crippen molar-refractivity contribution in [3.63, 3.8) is 0 Å². The van der Waals surface area contributed by atoms with Gasteiger partial charge in [0.05, 0.1) is 6.54 Å². The molecule has 0 spiro atoms. The number of fused-ring (bicyclic) bond motifs is 3. The van der Waals surface area contributed by atoms with Crippen LogP contribution in [0.5, 0.6) is 0 Å². The summed E-state index contributed by atoms with van der Waals surface area (Å²) >= 11 is 6.08. The number of para-hydroxylation sites is 1. The van der Waals surface area contributed by atoms with Crippen molar-refractivity contribution in [2.75, 3.05) is 11.4 Å². The van der Waals surface area contributed by atoms with E-state index >= 15 is 0 Å². The molecule has 2 aliphatic rings. The SMILES string of the molecule is CC1(C)c2ccccc2N2CC(=O)N(Cc3ccccc3)[C@@]21/C=C/c1ccc(Cl)cc1. The highest BCUT2D eigenvalue weighted by Crippen LogP contribution is 2.56. The highest BCUT2D eigenvalue weighted by molar-refractivity contribution is 6.30. The van der Waals surface area contributed by atoms with Crippen LogP contribution in [0.3, 0.4) is 0 Å². The molecule has 3 aromatic rings. The van der Waals surface area contributed by atoms with Crippen LogP contribution in [-0.2, 0) is 16.8 Å². The molecule has 0 unspecified atom stereocenters. The monoisotopic (exact) mass is 428 g/mol. The van der Waals surface area contributed by atoms with E-state index in [9.17, 15) is 4.79 Å². The summed E-state index contributed by atoms with van der Waals surface area (Å²) in [6, 6.07) is 26.5. The number of nitrogens with zero attached hydrogens (tertiary/aromatic N) is 2. The van der Waals surface area contributed by atoms with Crippen molar-refractivity contribution < 1.29 is 4.79 Å². The standard InChI is InChI=1S/C27H25ClN2O/c1-26(2)23-10-6-7-11-24(23)29-19-25(31)30(18-21-8-4-3-5-9-21)27(26,29)17-16-20-12-14-22(28)15-13-20/h3-17H,18-19H2,1-2H3/b17-16+/t27-/m1/s1. The largest absolute Gasteiger partial charge is 0.335 e. The van der Waals surface area contributed by atoms with Gasteiger partial charge in [0.2, 0.25) is 5.91 Å².